The third kappa shape index (κ3) is 6.77. The van der Waals surface area contributed by atoms with Crippen LogP contribution in [0, 0.1) is 11.2 Å². The number of fused-ring (bicyclic) bond motifs is 12. The number of nitrogens with zero attached hydrogens (tertiary/aromatic N) is 2. The van der Waals surface area contributed by atoms with E-state index in [0.29, 0.717) is 0 Å². The van der Waals surface area contributed by atoms with Crippen molar-refractivity contribution in [1.29, 1.82) is 0 Å². The molecule has 0 N–H and O–H groups in total. The van der Waals surface area contributed by atoms with Crippen molar-refractivity contribution >= 4 is 72.3 Å². The molecule has 7 aromatic rings. The Balaban J connectivity index is 1.17. The van der Waals surface area contributed by atoms with E-state index >= 15 is 4.39 Å². The lowest BCUT2D eigenvalue weighted by atomic mass is 9.31. The van der Waals surface area contributed by atoms with E-state index in [9.17, 15) is 0 Å². The normalized spacial score (nSPS) is 27.3. The molecule has 0 bridgehead atoms. The second kappa shape index (κ2) is 16.0. The van der Waals surface area contributed by atoms with Crippen molar-refractivity contribution in [3.8, 4) is 11.1 Å². The van der Waals surface area contributed by atoms with Crippen LogP contribution in [0.15, 0.2) is 103 Å². The second-order valence-corrected chi connectivity index (χ2v) is 31.1. The van der Waals surface area contributed by atoms with E-state index in [-0.39, 0.29) is 61.9 Å². The molecule has 2 nitrogen and oxygen atoms in total. The van der Waals surface area contributed by atoms with E-state index < -0.39 is 0 Å². The average Bonchev–Trinajstić information content (AvgIpc) is 3.36. The molecule has 2 saturated carbocycles. The molecule has 77 heavy (non-hydrogen) atoms. The Morgan fingerprint density at radius 3 is 1.96 bits per heavy atom. The lowest BCUT2D eigenvalue weighted by Crippen LogP contribution is -2.64. The van der Waals surface area contributed by atoms with Crippen LogP contribution in [0.3, 0.4) is 0 Å². The van der Waals surface area contributed by atoms with Gasteiger partial charge in [-0.25, -0.2) is 4.39 Å². The first kappa shape index (κ1) is 50.1. The molecule has 5 heteroatoms. The predicted octanol–water partition coefficient (Wildman–Crippen LogP) is 18.4. The van der Waals surface area contributed by atoms with E-state index in [2.05, 4.69) is 209 Å². The molecule has 3 aliphatic heterocycles. The smallest absolute Gasteiger partial charge is 0.260 e. The molecule has 396 valence electrons. The van der Waals surface area contributed by atoms with Crippen molar-refractivity contribution in [2.24, 2.45) is 5.41 Å². The molecule has 5 unspecified atom stereocenters. The zero-order valence-corrected chi connectivity index (χ0v) is 49.7. The Labute approximate surface area is 465 Å². The second-order valence-electron chi connectivity index (χ2n) is 30.0. The highest BCUT2D eigenvalue weighted by atomic mass is 32.1. The fourth-order valence-electron chi connectivity index (χ4n) is 17.5. The maximum atomic E-state index is 15.9. The summed E-state index contributed by atoms with van der Waals surface area (Å²) in [7, 11) is 0. The highest BCUT2D eigenvalue weighted by Crippen LogP contribution is 2.66. The number of thiophene rings is 1. The van der Waals surface area contributed by atoms with E-state index in [1.54, 1.807) is 22.7 Å². The third-order valence-electron chi connectivity index (χ3n) is 22.7. The van der Waals surface area contributed by atoms with Gasteiger partial charge in [0.05, 0.1) is 16.9 Å². The van der Waals surface area contributed by atoms with Crippen molar-refractivity contribution in [3.05, 3.63) is 153 Å². The van der Waals surface area contributed by atoms with E-state index in [1.165, 1.54) is 138 Å². The van der Waals surface area contributed by atoms with E-state index in [1.807, 2.05) is 6.07 Å². The maximum absolute atomic E-state index is 15.9. The number of anilines is 5. The molecule has 14 rings (SSSR count). The third-order valence-corrected chi connectivity index (χ3v) is 23.9. The van der Waals surface area contributed by atoms with Gasteiger partial charge in [0.2, 0.25) is 0 Å². The maximum Gasteiger partial charge on any atom is 0.260 e. The molecule has 7 aliphatic rings. The van der Waals surface area contributed by atoms with Crippen LogP contribution in [-0.4, -0.2) is 12.3 Å². The van der Waals surface area contributed by atoms with Gasteiger partial charge in [-0.1, -0.05) is 170 Å². The minimum Gasteiger partial charge on any atom is -0.334 e. The number of hydrogen-bond acceptors (Lipinski definition) is 3. The minimum atomic E-state index is -0.248. The van der Waals surface area contributed by atoms with Crippen molar-refractivity contribution in [2.45, 2.75) is 212 Å². The summed E-state index contributed by atoms with van der Waals surface area (Å²) in [6.45, 7) is 34.8. The highest BCUT2D eigenvalue weighted by molar-refractivity contribution is 7.33. The van der Waals surface area contributed by atoms with Gasteiger partial charge in [0.1, 0.15) is 5.82 Å². The minimum absolute atomic E-state index is 0.0309. The summed E-state index contributed by atoms with van der Waals surface area (Å²) in [6.07, 6.45) is 13.0. The van der Waals surface area contributed by atoms with Crippen LogP contribution in [-0.2, 0) is 32.5 Å². The molecule has 0 amide bonds. The molecule has 0 spiro atoms. The summed E-state index contributed by atoms with van der Waals surface area (Å²) >= 11 is 2.10. The molecule has 6 aromatic carbocycles. The number of benzene rings is 6. The first-order chi connectivity index (χ1) is 36.3. The van der Waals surface area contributed by atoms with Gasteiger partial charge < -0.3 is 9.80 Å². The summed E-state index contributed by atoms with van der Waals surface area (Å²) in [5.41, 5.74) is 23.6. The van der Waals surface area contributed by atoms with Crippen LogP contribution in [0.5, 0.6) is 0 Å². The molecule has 4 heterocycles. The van der Waals surface area contributed by atoms with Gasteiger partial charge in [-0.3, -0.25) is 0 Å². The summed E-state index contributed by atoms with van der Waals surface area (Å²) in [6, 6.07) is 40.7. The van der Waals surface area contributed by atoms with Crippen LogP contribution in [0.4, 0.5) is 32.8 Å². The van der Waals surface area contributed by atoms with Crippen molar-refractivity contribution in [3.63, 3.8) is 0 Å². The standard InChI is InChI=1S/C72H82BFN2S/c1-65(2,3)44-24-26-57(48(34-44)43-22-16-15-17-23-43)75-59-39-47(76-58-27-25-46(74)37-54(58)71(13)30-20-21-31-72(71,76)14)38-49-51-42-69(11)28-18-19-29-70(69,12)55-35-45(66(4,5)6)36-56(61(51)55)73(62(49)59)64-63(75)50-40-52-53(41-60(50)77-64)68(9,10)33-32-67(52,7)8/h15-17,22-27,34-41,51H,18-21,28-33,42H2,1-14H3. The van der Waals surface area contributed by atoms with Crippen molar-refractivity contribution in [2.75, 3.05) is 9.80 Å². The topological polar surface area (TPSA) is 6.48 Å². The lowest BCUT2D eigenvalue weighted by molar-refractivity contribution is 0.0602. The Hall–Kier alpha value is -5.13. The van der Waals surface area contributed by atoms with Gasteiger partial charge in [0, 0.05) is 48.8 Å². The number of rotatable bonds is 3. The Kier molecular flexibility index (Phi) is 10.4. The van der Waals surface area contributed by atoms with Crippen LogP contribution in [0.2, 0.25) is 0 Å². The Morgan fingerprint density at radius 2 is 1.25 bits per heavy atom. The van der Waals surface area contributed by atoms with Crippen molar-refractivity contribution < 1.29 is 4.39 Å². The molecule has 1 aromatic heterocycles. The largest absolute Gasteiger partial charge is 0.334 e. The van der Waals surface area contributed by atoms with Gasteiger partial charge in [-0.15, -0.1) is 11.3 Å². The molecular weight excluding hydrogens is 955 g/mol. The molecule has 2 fully saturated rings. The van der Waals surface area contributed by atoms with Crippen molar-refractivity contribution in [1.82, 2.24) is 0 Å². The van der Waals surface area contributed by atoms with Gasteiger partial charge in [-0.05, 0) is 194 Å². The fraction of sp³-hybridized carbons (Fsp3) is 0.472. The first-order valence-corrected chi connectivity index (χ1v) is 30.7. The summed E-state index contributed by atoms with van der Waals surface area (Å²) in [5.74, 6) is 0.108. The van der Waals surface area contributed by atoms with Crippen LogP contribution < -0.4 is 25.5 Å². The van der Waals surface area contributed by atoms with E-state index in [4.69, 9.17) is 0 Å². The number of hydrogen-bond donors (Lipinski definition) is 0. The highest BCUT2D eigenvalue weighted by Gasteiger charge is 2.60. The molecular formula is C72H82BFN2S. The predicted molar refractivity (Wildman–Crippen MR) is 329 cm³/mol. The van der Waals surface area contributed by atoms with Gasteiger partial charge >= 0.3 is 0 Å². The van der Waals surface area contributed by atoms with Crippen LogP contribution >= 0.6 is 11.3 Å². The summed E-state index contributed by atoms with van der Waals surface area (Å²) in [5, 5.41) is 1.38. The van der Waals surface area contributed by atoms with Gasteiger partial charge in [0.15, 0.2) is 0 Å². The fourth-order valence-corrected chi connectivity index (χ4v) is 18.8. The van der Waals surface area contributed by atoms with Crippen LogP contribution in [0.1, 0.15) is 218 Å². The summed E-state index contributed by atoms with van der Waals surface area (Å²) < 4.78 is 18.7. The number of halogens is 1. The monoisotopic (exact) mass is 1040 g/mol. The quantitative estimate of drug-likeness (QED) is 0.163. The molecule has 0 saturated heterocycles. The van der Waals surface area contributed by atoms with E-state index in [0.717, 1.165) is 25.7 Å². The summed E-state index contributed by atoms with van der Waals surface area (Å²) in [4.78, 5) is 5.57. The first-order valence-electron chi connectivity index (χ1n) is 29.9. The molecule has 5 atom stereocenters. The zero-order valence-electron chi connectivity index (χ0n) is 48.9. The van der Waals surface area contributed by atoms with Crippen LogP contribution in [0.25, 0.3) is 21.2 Å². The zero-order chi connectivity index (χ0) is 53.9. The Bertz CT molecular complexity index is 3660. The molecule has 0 radical (unpaired) electrons. The average molecular weight is 1040 g/mol. The van der Waals surface area contributed by atoms with Gasteiger partial charge in [-0.2, -0.15) is 0 Å². The van der Waals surface area contributed by atoms with Gasteiger partial charge in [0.25, 0.3) is 6.71 Å². The SMILES string of the molecule is CC(C)(C)c1ccc(N2c3cc(N4c5ccc(F)cc5C5(C)CCCCC45C)cc4c3B(c3cc(C(C)(C)C)cc5c3C4CC3(C)CCCCC53C)c3sc4cc5c(cc4c32)C(C)(C)CCC5(C)C)c(-c2ccccc2)c1. The molecule has 4 aliphatic carbocycles. The lowest BCUT2D eigenvalue weighted by Gasteiger charge is -2.59. The Morgan fingerprint density at radius 1 is 0.584 bits per heavy atom.